The number of ether oxygens (including phenoxy) is 1. The number of halogens is 2. The quantitative estimate of drug-likeness (QED) is 0.589. The molecule has 0 unspecified atom stereocenters. The van der Waals surface area contributed by atoms with Crippen LogP contribution in [0.1, 0.15) is 30.9 Å². The van der Waals surface area contributed by atoms with Crippen LogP contribution in [0.25, 0.3) is 6.08 Å². The molecule has 2 fully saturated rings. The van der Waals surface area contributed by atoms with Crippen molar-refractivity contribution in [2.45, 2.75) is 26.2 Å². The molecule has 0 radical (unpaired) electrons. The van der Waals surface area contributed by atoms with Crippen LogP contribution in [-0.4, -0.2) is 71.7 Å². The number of aliphatic hydroxyl groups is 1. The molecule has 6 rings (SSSR count). The van der Waals surface area contributed by atoms with Gasteiger partial charge in [0.05, 0.1) is 13.2 Å². The van der Waals surface area contributed by atoms with E-state index in [0.717, 1.165) is 30.6 Å². The second-order valence-electron chi connectivity index (χ2n) is 10.1. The number of amidine groups is 1. The van der Waals surface area contributed by atoms with Crippen LogP contribution < -0.4 is 15.0 Å². The van der Waals surface area contributed by atoms with Crippen LogP contribution in [0.4, 0.5) is 20.4 Å². The number of benzene rings is 1. The monoisotopic (exact) mass is 508 g/mol. The Morgan fingerprint density at radius 3 is 2.68 bits per heavy atom. The maximum absolute atomic E-state index is 15.3. The number of β-amino-alcohol motifs (C(OH)–C–C–N with tert-alkyl or cyclic N) is 1. The third-order valence-electron chi connectivity index (χ3n) is 7.29. The predicted molar refractivity (Wildman–Crippen MR) is 138 cm³/mol. The van der Waals surface area contributed by atoms with Gasteiger partial charge in [-0.25, -0.2) is 8.78 Å². The summed E-state index contributed by atoms with van der Waals surface area (Å²) in [4.78, 5) is 17.9. The Morgan fingerprint density at radius 1 is 1.11 bits per heavy atom. The number of aliphatic hydroxyl groups excluding tert-OH is 1. The molecule has 2 aliphatic heterocycles. The summed E-state index contributed by atoms with van der Waals surface area (Å²) in [6.45, 7) is 6.25. The number of allylic oxidation sites excluding steroid dienone is 1. The van der Waals surface area contributed by atoms with Gasteiger partial charge < -0.3 is 20.1 Å². The van der Waals surface area contributed by atoms with E-state index in [4.69, 9.17) is 4.74 Å². The van der Waals surface area contributed by atoms with Crippen molar-refractivity contribution in [1.29, 1.82) is 0 Å². The highest BCUT2D eigenvalue weighted by Crippen LogP contribution is 2.38. The van der Waals surface area contributed by atoms with Crippen LogP contribution in [0.2, 0.25) is 0 Å². The highest BCUT2D eigenvalue weighted by Gasteiger charge is 2.28. The fraction of sp³-hybridized carbons (Fsp3) is 0.444. The summed E-state index contributed by atoms with van der Waals surface area (Å²) in [5, 5.41) is 12.5. The predicted octanol–water partition coefficient (Wildman–Crippen LogP) is 3.78. The number of nitrogens with zero attached hydrogens (tertiary/aromatic N) is 5. The number of piperazine rings is 1. The van der Waals surface area contributed by atoms with E-state index in [2.05, 4.69) is 36.2 Å². The lowest BCUT2D eigenvalue weighted by molar-refractivity contribution is 0.188. The van der Waals surface area contributed by atoms with Crippen molar-refractivity contribution in [3.8, 4) is 11.8 Å². The van der Waals surface area contributed by atoms with Gasteiger partial charge in [0.25, 0.3) is 0 Å². The van der Waals surface area contributed by atoms with Gasteiger partial charge in [-0.1, -0.05) is 11.6 Å². The third-order valence-corrected chi connectivity index (χ3v) is 7.29. The van der Waals surface area contributed by atoms with Gasteiger partial charge in [-0.15, -0.1) is 0 Å². The number of aromatic nitrogens is 2. The fourth-order valence-electron chi connectivity index (χ4n) is 5.12. The Morgan fingerprint density at radius 2 is 1.92 bits per heavy atom. The molecule has 0 atom stereocenters. The molecule has 2 aromatic rings. The van der Waals surface area contributed by atoms with E-state index < -0.39 is 11.6 Å². The van der Waals surface area contributed by atoms with Crippen LogP contribution in [0.5, 0.6) is 11.8 Å². The largest absolute Gasteiger partial charge is 0.421 e. The van der Waals surface area contributed by atoms with Gasteiger partial charge in [-0.3, -0.25) is 9.89 Å². The van der Waals surface area contributed by atoms with Crippen molar-refractivity contribution in [2.75, 3.05) is 56.1 Å². The zero-order chi connectivity index (χ0) is 25.5. The zero-order valence-corrected chi connectivity index (χ0v) is 20.8. The number of fused-ring (bicyclic) bond motifs is 1. The maximum Gasteiger partial charge on any atom is 0.326 e. The van der Waals surface area contributed by atoms with Crippen molar-refractivity contribution in [3.63, 3.8) is 0 Å². The van der Waals surface area contributed by atoms with Crippen molar-refractivity contribution in [1.82, 2.24) is 14.9 Å². The van der Waals surface area contributed by atoms with Gasteiger partial charge in [0, 0.05) is 56.0 Å². The summed E-state index contributed by atoms with van der Waals surface area (Å²) in [6.07, 6.45) is 6.53. The molecule has 2 aliphatic carbocycles. The molecule has 0 bridgehead atoms. The normalized spacial score (nSPS) is 19.5. The van der Waals surface area contributed by atoms with E-state index in [1.807, 2.05) is 13.0 Å². The summed E-state index contributed by atoms with van der Waals surface area (Å²) in [6, 6.07) is 2.83. The molecule has 8 nitrogen and oxygen atoms in total. The summed E-state index contributed by atoms with van der Waals surface area (Å²) in [5.41, 5.74) is 2.79. The van der Waals surface area contributed by atoms with Gasteiger partial charge in [0.2, 0.25) is 0 Å². The highest BCUT2D eigenvalue weighted by molar-refractivity contribution is 6.05. The second-order valence-corrected chi connectivity index (χ2v) is 10.1. The van der Waals surface area contributed by atoms with Gasteiger partial charge in [-0.2, -0.15) is 9.97 Å². The van der Waals surface area contributed by atoms with Gasteiger partial charge in [0.1, 0.15) is 23.3 Å². The third kappa shape index (κ3) is 5.08. The summed E-state index contributed by atoms with van der Waals surface area (Å²) < 4.78 is 35.8. The number of rotatable bonds is 7. The Kier molecular flexibility index (Phi) is 6.37. The van der Waals surface area contributed by atoms with Crippen LogP contribution in [0.3, 0.4) is 0 Å². The van der Waals surface area contributed by atoms with E-state index in [-0.39, 0.29) is 23.9 Å². The first-order chi connectivity index (χ1) is 18.0. The van der Waals surface area contributed by atoms with Crippen LogP contribution in [-0.2, 0) is 6.42 Å². The van der Waals surface area contributed by atoms with Gasteiger partial charge >= 0.3 is 6.01 Å². The maximum atomic E-state index is 15.3. The average Bonchev–Trinajstić information content (AvgIpc) is 3.50. The minimum Gasteiger partial charge on any atom is -0.421 e. The molecule has 1 aromatic carbocycles. The molecule has 37 heavy (non-hydrogen) atoms. The number of nitrogens with one attached hydrogen (secondary N) is 1. The molecule has 3 heterocycles. The van der Waals surface area contributed by atoms with E-state index in [1.165, 1.54) is 18.4 Å². The van der Waals surface area contributed by atoms with Crippen molar-refractivity contribution in [2.24, 2.45) is 10.9 Å². The molecule has 194 valence electrons. The first kappa shape index (κ1) is 24.0. The molecular weight excluding hydrogens is 478 g/mol. The molecular formula is C27H30F2N6O2. The van der Waals surface area contributed by atoms with Crippen molar-refractivity contribution in [3.05, 3.63) is 52.1 Å². The first-order valence-corrected chi connectivity index (χ1v) is 12.8. The Balaban J connectivity index is 1.29. The zero-order valence-electron chi connectivity index (χ0n) is 20.8. The number of hydrogen-bond donors (Lipinski definition) is 2. The number of hydrogen-bond acceptors (Lipinski definition) is 8. The molecule has 10 heteroatoms. The molecule has 0 amide bonds. The summed E-state index contributed by atoms with van der Waals surface area (Å²) >= 11 is 0. The number of aliphatic imine (C=N–C) groups is 1. The standard InChI is InChI=1S/C27H30F2N6O2/c1-16-10-19-20(11-16)26(29)22(13-21(19)28)37-27-32-24(31-23-12-18(15-30-23)17-2-3-17)14-25(33-27)35-6-4-34(5-7-35)8-9-36/h11-14,17,36H,2-10,15H2,1H3,(H,30,31,32,33). The molecule has 0 spiro atoms. The smallest absolute Gasteiger partial charge is 0.326 e. The fourth-order valence-corrected chi connectivity index (χ4v) is 5.12. The van der Waals surface area contributed by atoms with E-state index in [1.54, 1.807) is 6.08 Å². The Labute approximate surface area is 214 Å². The van der Waals surface area contributed by atoms with Crippen molar-refractivity contribution >= 4 is 23.5 Å². The minimum absolute atomic E-state index is 0.0697. The Hall–Kier alpha value is -3.37. The molecule has 1 saturated carbocycles. The van der Waals surface area contributed by atoms with Crippen LogP contribution >= 0.6 is 0 Å². The van der Waals surface area contributed by atoms with E-state index in [9.17, 15) is 9.50 Å². The molecule has 4 aliphatic rings. The summed E-state index contributed by atoms with van der Waals surface area (Å²) in [5.74, 6) is 1.08. The Bertz CT molecular complexity index is 1310. The molecule has 1 aromatic heterocycles. The van der Waals surface area contributed by atoms with Gasteiger partial charge in [0.15, 0.2) is 11.6 Å². The summed E-state index contributed by atoms with van der Waals surface area (Å²) in [7, 11) is 0. The van der Waals surface area contributed by atoms with Gasteiger partial charge in [-0.05, 0) is 43.8 Å². The lowest BCUT2D eigenvalue weighted by Gasteiger charge is -2.35. The molecule has 1 saturated heterocycles. The average molecular weight is 509 g/mol. The topological polar surface area (TPSA) is 86.1 Å². The van der Waals surface area contributed by atoms with E-state index >= 15 is 4.39 Å². The lowest BCUT2D eigenvalue weighted by Crippen LogP contribution is -2.47. The first-order valence-electron chi connectivity index (χ1n) is 12.8. The van der Waals surface area contributed by atoms with Crippen LogP contribution in [0, 0.1) is 17.6 Å². The SMILES string of the molecule is CC1=Cc2c(F)c(Oc3nc(NC4=NCC(C5CC5)=C4)cc(N4CCN(CCO)CC4)n3)cc(F)c2C1. The minimum atomic E-state index is -0.619. The van der Waals surface area contributed by atoms with Crippen LogP contribution in [0.15, 0.2) is 34.3 Å². The number of anilines is 2. The lowest BCUT2D eigenvalue weighted by atomic mass is 10.1. The second kappa shape index (κ2) is 9.83. The molecule has 2 N–H and O–H groups in total. The van der Waals surface area contributed by atoms with Crippen molar-refractivity contribution < 1.29 is 18.6 Å². The highest BCUT2D eigenvalue weighted by atomic mass is 19.1. The van der Waals surface area contributed by atoms with E-state index in [0.29, 0.717) is 55.7 Å².